The van der Waals surface area contributed by atoms with Gasteiger partial charge in [0.05, 0.1) is 29.6 Å². The largest absolute Gasteiger partial charge is 0.478 e. The first-order valence-electron chi connectivity index (χ1n) is 8.32. The molecule has 2 N–H and O–H groups in total. The molecule has 1 aliphatic rings. The molecule has 1 heterocycles. The van der Waals surface area contributed by atoms with Crippen molar-refractivity contribution in [3.63, 3.8) is 0 Å². The Balaban J connectivity index is 1.91. The van der Waals surface area contributed by atoms with E-state index in [0.29, 0.717) is 28.3 Å². The van der Waals surface area contributed by atoms with E-state index in [1.807, 2.05) is 42.5 Å². The molecule has 0 unspecified atom stereocenters. The van der Waals surface area contributed by atoms with Crippen LogP contribution < -0.4 is 10.1 Å². The van der Waals surface area contributed by atoms with Crippen LogP contribution in [-0.2, 0) is 4.74 Å². The fourth-order valence-electron chi connectivity index (χ4n) is 3.09. The summed E-state index contributed by atoms with van der Waals surface area (Å²) in [7, 11) is 1.25. The number of aromatic carboxylic acids is 1. The standard InChI is InChI=1S/C21H14BrNO5/c1-27-21(26)14-10-11(9-13(18(14)22)20(24)25)12-5-4-8-17-19(12)23-15-6-2-3-7-16(15)28-17/h2-10,23H,1H3,(H,24,25). The van der Waals surface area contributed by atoms with E-state index in [9.17, 15) is 14.7 Å². The Morgan fingerprint density at radius 3 is 2.50 bits per heavy atom. The Hall–Kier alpha value is -3.32. The fourth-order valence-corrected chi connectivity index (χ4v) is 3.65. The summed E-state index contributed by atoms with van der Waals surface area (Å²) in [6.45, 7) is 0. The van der Waals surface area contributed by atoms with Crippen LogP contribution in [0.4, 0.5) is 11.4 Å². The van der Waals surface area contributed by atoms with E-state index < -0.39 is 11.9 Å². The first-order valence-corrected chi connectivity index (χ1v) is 9.11. The average molecular weight is 440 g/mol. The Morgan fingerprint density at radius 1 is 1.04 bits per heavy atom. The molecular formula is C21H14BrNO5. The average Bonchev–Trinajstić information content (AvgIpc) is 2.71. The van der Waals surface area contributed by atoms with Crippen LogP contribution in [0.3, 0.4) is 0 Å². The van der Waals surface area contributed by atoms with Crippen molar-refractivity contribution in [2.45, 2.75) is 0 Å². The third-order valence-corrected chi connectivity index (χ3v) is 5.27. The Labute approximate surface area is 168 Å². The first kappa shape index (κ1) is 18.1. The number of methoxy groups -OCH3 is 1. The smallest absolute Gasteiger partial charge is 0.339 e. The van der Waals surface area contributed by atoms with Gasteiger partial charge in [-0.1, -0.05) is 24.3 Å². The minimum absolute atomic E-state index is 0.0346. The van der Waals surface area contributed by atoms with Crippen molar-refractivity contribution < 1.29 is 24.2 Å². The zero-order valence-electron chi connectivity index (χ0n) is 14.7. The lowest BCUT2D eigenvalue weighted by molar-refractivity contribution is 0.0599. The van der Waals surface area contributed by atoms with Crippen LogP contribution in [0, 0.1) is 0 Å². The highest BCUT2D eigenvalue weighted by Gasteiger charge is 2.24. The lowest BCUT2D eigenvalue weighted by atomic mass is 9.97. The van der Waals surface area contributed by atoms with Crippen LogP contribution >= 0.6 is 15.9 Å². The predicted molar refractivity (Wildman–Crippen MR) is 108 cm³/mol. The minimum Gasteiger partial charge on any atom is -0.478 e. The highest BCUT2D eigenvalue weighted by molar-refractivity contribution is 9.10. The van der Waals surface area contributed by atoms with Crippen LogP contribution in [0.15, 0.2) is 59.1 Å². The molecule has 4 rings (SSSR count). The van der Waals surface area contributed by atoms with Gasteiger partial charge in [0.25, 0.3) is 0 Å². The van der Waals surface area contributed by atoms with Crippen LogP contribution in [0.1, 0.15) is 20.7 Å². The molecule has 0 atom stereocenters. The summed E-state index contributed by atoms with van der Waals surface area (Å²) in [6.07, 6.45) is 0. The number of hydrogen-bond donors (Lipinski definition) is 2. The number of hydrogen-bond acceptors (Lipinski definition) is 5. The predicted octanol–water partition coefficient (Wildman–Crippen LogP) is 5.45. The number of carbonyl (C=O) groups is 2. The second-order valence-electron chi connectivity index (χ2n) is 6.08. The van der Waals surface area contributed by atoms with Gasteiger partial charge in [0, 0.05) is 10.0 Å². The van der Waals surface area contributed by atoms with Gasteiger partial charge < -0.3 is 19.9 Å². The van der Waals surface area contributed by atoms with Gasteiger partial charge in [-0.2, -0.15) is 0 Å². The van der Waals surface area contributed by atoms with Gasteiger partial charge in [0.15, 0.2) is 11.5 Å². The molecule has 0 radical (unpaired) electrons. The second-order valence-corrected chi connectivity index (χ2v) is 6.88. The molecule has 0 bridgehead atoms. The molecule has 140 valence electrons. The molecule has 28 heavy (non-hydrogen) atoms. The number of carboxylic acids is 1. The van der Waals surface area contributed by atoms with Crippen molar-refractivity contribution in [3.8, 4) is 22.6 Å². The van der Waals surface area contributed by atoms with Gasteiger partial charge in [-0.05, 0) is 51.8 Å². The number of ether oxygens (including phenoxy) is 2. The molecule has 3 aromatic carbocycles. The van der Waals surface area contributed by atoms with Gasteiger partial charge in [-0.3, -0.25) is 0 Å². The number of anilines is 2. The Kier molecular flexibility index (Phi) is 4.52. The third kappa shape index (κ3) is 2.99. The number of fused-ring (bicyclic) bond motifs is 2. The Morgan fingerprint density at radius 2 is 1.75 bits per heavy atom. The SMILES string of the molecule is COC(=O)c1cc(-c2cccc3c2Nc2ccccc2O3)cc(C(=O)O)c1Br. The Bertz CT molecular complexity index is 1130. The van der Waals surface area contributed by atoms with Gasteiger partial charge >= 0.3 is 11.9 Å². The monoisotopic (exact) mass is 439 g/mol. The minimum atomic E-state index is -1.15. The molecular weight excluding hydrogens is 426 g/mol. The normalized spacial score (nSPS) is 11.5. The summed E-state index contributed by atoms with van der Waals surface area (Å²) < 4.78 is 10.9. The van der Waals surface area contributed by atoms with Gasteiger partial charge in [-0.15, -0.1) is 0 Å². The topological polar surface area (TPSA) is 84.9 Å². The molecule has 1 aliphatic heterocycles. The number of para-hydroxylation sites is 3. The van der Waals surface area contributed by atoms with Crippen molar-refractivity contribution in [1.82, 2.24) is 0 Å². The lowest BCUT2D eigenvalue weighted by Crippen LogP contribution is -2.09. The molecule has 0 aliphatic carbocycles. The summed E-state index contributed by atoms with van der Waals surface area (Å²) in [6, 6.07) is 16.1. The maximum Gasteiger partial charge on any atom is 0.339 e. The molecule has 0 saturated heterocycles. The maximum atomic E-state index is 12.2. The molecule has 0 aromatic heterocycles. The third-order valence-electron chi connectivity index (χ3n) is 4.41. The first-order chi connectivity index (χ1) is 13.5. The van der Waals surface area contributed by atoms with Crippen molar-refractivity contribution in [2.24, 2.45) is 0 Å². The lowest BCUT2D eigenvalue weighted by Gasteiger charge is -2.24. The zero-order chi connectivity index (χ0) is 19.8. The molecule has 0 fully saturated rings. The van der Waals surface area contributed by atoms with Gasteiger partial charge in [0.2, 0.25) is 0 Å². The number of carbonyl (C=O) groups excluding carboxylic acids is 1. The zero-order valence-corrected chi connectivity index (χ0v) is 16.2. The fraction of sp³-hybridized carbons (Fsp3) is 0.0476. The van der Waals surface area contributed by atoms with Crippen LogP contribution in [0.2, 0.25) is 0 Å². The number of rotatable bonds is 3. The van der Waals surface area contributed by atoms with E-state index in [1.165, 1.54) is 13.2 Å². The van der Waals surface area contributed by atoms with Crippen molar-refractivity contribution in [3.05, 3.63) is 70.2 Å². The molecule has 6 nitrogen and oxygen atoms in total. The summed E-state index contributed by atoms with van der Waals surface area (Å²) in [5, 5.41) is 12.9. The van der Waals surface area contributed by atoms with E-state index >= 15 is 0 Å². The van der Waals surface area contributed by atoms with Gasteiger partial charge in [-0.25, -0.2) is 9.59 Å². The summed E-state index contributed by atoms with van der Waals surface area (Å²) in [5.41, 5.74) is 2.84. The highest BCUT2D eigenvalue weighted by atomic mass is 79.9. The maximum absolute atomic E-state index is 12.2. The summed E-state index contributed by atoms with van der Waals surface area (Å²) >= 11 is 3.20. The molecule has 0 amide bonds. The van der Waals surface area contributed by atoms with Crippen LogP contribution in [-0.4, -0.2) is 24.2 Å². The molecule has 0 saturated carbocycles. The number of halogens is 1. The van der Waals surface area contributed by atoms with Crippen molar-refractivity contribution >= 4 is 39.2 Å². The van der Waals surface area contributed by atoms with E-state index in [2.05, 4.69) is 21.2 Å². The molecule has 0 spiro atoms. The van der Waals surface area contributed by atoms with E-state index in [1.54, 1.807) is 6.07 Å². The van der Waals surface area contributed by atoms with Crippen LogP contribution in [0.5, 0.6) is 11.5 Å². The number of benzene rings is 3. The van der Waals surface area contributed by atoms with Crippen molar-refractivity contribution in [2.75, 3.05) is 12.4 Å². The second kappa shape index (κ2) is 7.01. The highest BCUT2D eigenvalue weighted by Crippen LogP contribution is 2.46. The quantitative estimate of drug-likeness (QED) is 0.412. The summed E-state index contributed by atoms with van der Waals surface area (Å²) in [5.74, 6) is -0.478. The number of carboxylic acid groups (broad SMARTS) is 1. The van der Waals surface area contributed by atoms with Crippen LogP contribution in [0.25, 0.3) is 11.1 Å². The van der Waals surface area contributed by atoms with Crippen molar-refractivity contribution in [1.29, 1.82) is 0 Å². The van der Waals surface area contributed by atoms with E-state index in [-0.39, 0.29) is 15.6 Å². The van der Waals surface area contributed by atoms with Gasteiger partial charge in [0.1, 0.15) is 0 Å². The summed E-state index contributed by atoms with van der Waals surface area (Å²) in [4.78, 5) is 23.9. The number of nitrogens with one attached hydrogen (secondary N) is 1. The van der Waals surface area contributed by atoms with E-state index in [4.69, 9.17) is 9.47 Å². The number of esters is 1. The van der Waals surface area contributed by atoms with E-state index in [0.717, 1.165) is 5.69 Å². The molecule has 3 aromatic rings. The molecule has 7 heteroatoms.